The van der Waals surface area contributed by atoms with Gasteiger partial charge in [0.2, 0.25) is 0 Å². The van der Waals surface area contributed by atoms with Gasteiger partial charge in [-0.1, -0.05) is 13.8 Å². The summed E-state index contributed by atoms with van der Waals surface area (Å²) in [6, 6.07) is 0. The average Bonchev–Trinajstić information content (AvgIpc) is 2.29. The molecule has 0 bridgehead atoms. The lowest BCUT2D eigenvalue weighted by atomic mass is 9.89. The van der Waals surface area contributed by atoms with Crippen molar-refractivity contribution < 1.29 is 4.79 Å². The van der Waals surface area contributed by atoms with Crippen LogP contribution in [-0.2, 0) is 4.79 Å². The van der Waals surface area contributed by atoms with Crippen molar-refractivity contribution in [1.29, 1.82) is 0 Å². The second-order valence-corrected chi connectivity index (χ2v) is 4.73. The van der Waals surface area contributed by atoms with Gasteiger partial charge in [0.25, 0.3) is 0 Å². The van der Waals surface area contributed by atoms with E-state index in [0.29, 0.717) is 11.7 Å². The first kappa shape index (κ1) is 12.7. The number of hydrogen-bond acceptors (Lipinski definition) is 2. The fourth-order valence-corrected chi connectivity index (χ4v) is 2.46. The maximum absolute atomic E-state index is 11.8. The van der Waals surface area contributed by atoms with Gasteiger partial charge in [-0.2, -0.15) is 0 Å². The first-order chi connectivity index (χ1) is 7.27. The summed E-state index contributed by atoms with van der Waals surface area (Å²) in [6.07, 6.45) is 6.52. The maximum atomic E-state index is 11.8. The first-order valence-corrected chi connectivity index (χ1v) is 6.51. The number of carbonyl (C=O) groups is 1. The van der Waals surface area contributed by atoms with E-state index in [-0.39, 0.29) is 0 Å². The Hall–Kier alpha value is -0.370. The van der Waals surface area contributed by atoms with Crippen molar-refractivity contribution in [2.24, 2.45) is 11.8 Å². The lowest BCUT2D eigenvalue weighted by Gasteiger charge is -2.23. The number of piperidine rings is 1. The van der Waals surface area contributed by atoms with Gasteiger partial charge in [0.15, 0.2) is 0 Å². The van der Waals surface area contributed by atoms with Crippen LogP contribution in [0.15, 0.2) is 0 Å². The number of hydrogen-bond donors (Lipinski definition) is 1. The third kappa shape index (κ3) is 4.33. The molecule has 88 valence electrons. The van der Waals surface area contributed by atoms with Crippen LogP contribution in [0.5, 0.6) is 0 Å². The van der Waals surface area contributed by atoms with Crippen molar-refractivity contribution in [2.45, 2.75) is 52.4 Å². The molecule has 0 aliphatic carbocycles. The molecule has 1 fully saturated rings. The van der Waals surface area contributed by atoms with Crippen molar-refractivity contribution in [1.82, 2.24) is 5.32 Å². The van der Waals surface area contributed by atoms with Crippen LogP contribution in [0.1, 0.15) is 52.4 Å². The Morgan fingerprint density at radius 2 is 2.13 bits per heavy atom. The fourth-order valence-electron chi connectivity index (χ4n) is 2.46. The lowest BCUT2D eigenvalue weighted by molar-refractivity contribution is -0.123. The van der Waals surface area contributed by atoms with Crippen molar-refractivity contribution in [3.05, 3.63) is 0 Å². The van der Waals surface area contributed by atoms with E-state index in [0.717, 1.165) is 44.7 Å². The predicted molar refractivity (Wildman–Crippen MR) is 63.9 cm³/mol. The standard InChI is InChI=1S/C13H25NO/c1-3-12(4-2)13(15)8-7-11-6-5-9-14-10-11/h11-12,14H,3-10H2,1-2H3. The van der Waals surface area contributed by atoms with Crippen molar-refractivity contribution in [2.75, 3.05) is 13.1 Å². The first-order valence-electron chi connectivity index (χ1n) is 6.51. The van der Waals surface area contributed by atoms with Gasteiger partial charge in [0, 0.05) is 12.3 Å². The van der Waals surface area contributed by atoms with E-state index in [1.807, 2.05) is 0 Å². The number of ketones is 1. The highest BCUT2D eigenvalue weighted by atomic mass is 16.1. The highest BCUT2D eigenvalue weighted by Gasteiger charge is 2.18. The van der Waals surface area contributed by atoms with Gasteiger partial charge in [-0.3, -0.25) is 4.79 Å². The molecule has 2 heteroatoms. The molecule has 1 heterocycles. The second-order valence-electron chi connectivity index (χ2n) is 4.73. The van der Waals surface area contributed by atoms with Crippen LogP contribution in [0.3, 0.4) is 0 Å². The summed E-state index contributed by atoms with van der Waals surface area (Å²) in [5.74, 6) is 1.56. The van der Waals surface area contributed by atoms with E-state index in [4.69, 9.17) is 0 Å². The summed E-state index contributed by atoms with van der Waals surface area (Å²) in [5.41, 5.74) is 0. The molecule has 0 spiro atoms. The summed E-state index contributed by atoms with van der Waals surface area (Å²) in [7, 11) is 0. The van der Waals surface area contributed by atoms with Crippen LogP contribution < -0.4 is 5.32 Å². The lowest BCUT2D eigenvalue weighted by Crippen LogP contribution is -2.30. The monoisotopic (exact) mass is 211 g/mol. The third-order valence-corrected chi connectivity index (χ3v) is 3.64. The maximum Gasteiger partial charge on any atom is 0.135 e. The minimum Gasteiger partial charge on any atom is -0.316 e. The Morgan fingerprint density at radius 1 is 1.40 bits per heavy atom. The normalized spacial score (nSPS) is 21.9. The second kappa shape index (κ2) is 7.00. The summed E-state index contributed by atoms with van der Waals surface area (Å²) in [4.78, 5) is 11.8. The molecule has 2 nitrogen and oxygen atoms in total. The highest BCUT2D eigenvalue weighted by Crippen LogP contribution is 2.19. The molecule has 1 atom stereocenters. The zero-order valence-corrected chi connectivity index (χ0v) is 10.2. The minimum absolute atomic E-state index is 0.321. The molecule has 0 aromatic rings. The van der Waals surface area contributed by atoms with E-state index in [2.05, 4.69) is 19.2 Å². The van der Waals surface area contributed by atoms with Crippen LogP contribution in [0.25, 0.3) is 0 Å². The van der Waals surface area contributed by atoms with E-state index < -0.39 is 0 Å². The van der Waals surface area contributed by atoms with Crippen LogP contribution in [0, 0.1) is 11.8 Å². The Kier molecular flexibility index (Phi) is 5.92. The third-order valence-electron chi connectivity index (χ3n) is 3.64. The van der Waals surface area contributed by atoms with Crippen LogP contribution in [-0.4, -0.2) is 18.9 Å². The molecule has 0 aromatic carbocycles. The molecule has 1 rings (SSSR count). The van der Waals surface area contributed by atoms with Gasteiger partial charge in [0.1, 0.15) is 5.78 Å². The molecule has 0 radical (unpaired) electrons. The SMILES string of the molecule is CCC(CC)C(=O)CCC1CCCNC1. The van der Waals surface area contributed by atoms with Crippen LogP contribution in [0.4, 0.5) is 0 Å². The molecule has 15 heavy (non-hydrogen) atoms. The smallest absolute Gasteiger partial charge is 0.135 e. The predicted octanol–water partition coefficient (Wildman–Crippen LogP) is 2.77. The Balaban J connectivity index is 2.20. The molecule has 1 saturated heterocycles. The number of carbonyl (C=O) groups excluding carboxylic acids is 1. The Bertz CT molecular complexity index is 181. The van der Waals surface area contributed by atoms with Gasteiger partial charge in [-0.25, -0.2) is 0 Å². The molecule has 1 unspecified atom stereocenters. The summed E-state index contributed by atoms with van der Waals surface area (Å²) < 4.78 is 0. The van der Waals surface area contributed by atoms with E-state index in [1.54, 1.807) is 0 Å². The highest BCUT2D eigenvalue weighted by molar-refractivity contribution is 5.80. The van der Waals surface area contributed by atoms with Gasteiger partial charge >= 0.3 is 0 Å². The minimum atomic E-state index is 0.321. The van der Waals surface area contributed by atoms with Crippen LogP contribution in [0.2, 0.25) is 0 Å². The number of nitrogens with one attached hydrogen (secondary N) is 1. The molecule has 1 aliphatic heterocycles. The summed E-state index contributed by atoms with van der Waals surface area (Å²) in [5, 5.41) is 3.40. The Morgan fingerprint density at radius 3 is 2.67 bits per heavy atom. The summed E-state index contributed by atoms with van der Waals surface area (Å²) in [6.45, 7) is 6.52. The molecule has 1 N–H and O–H groups in total. The van der Waals surface area contributed by atoms with Gasteiger partial charge < -0.3 is 5.32 Å². The molecule has 1 aliphatic rings. The van der Waals surface area contributed by atoms with Crippen molar-refractivity contribution in [3.63, 3.8) is 0 Å². The molecule has 0 aromatic heterocycles. The van der Waals surface area contributed by atoms with E-state index in [9.17, 15) is 4.79 Å². The van der Waals surface area contributed by atoms with Crippen LogP contribution >= 0.6 is 0 Å². The zero-order valence-electron chi connectivity index (χ0n) is 10.2. The van der Waals surface area contributed by atoms with Gasteiger partial charge in [-0.05, 0) is 51.1 Å². The topological polar surface area (TPSA) is 29.1 Å². The van der Waals surface area contributed by atoms with Crippen molar-refractivity contribution in [3.8, 4) is 0 Å². The van der Waals surface area contributed by atoms with E-state index >= 15 is 0 Å². The number of rotatable bonds is 6. The largest absolute Gasteiger partial charge is 0.316 e. The summed E-state index contributed by atoms with van der Waals surface area (Å²) >= 11 is 0. The molecular weight excluding hydrogens is 186 g/mol. The fraction of sp³-hybridized carbons (Fsp3) is 0.923. The molecular formula is C13H25NO. The molecule has 0 saturated carbocycles. The quantitative estimate of drug-likeness (QED) is 0.732. The zero-order chi connectivity index (χ0) is 11.1. The molecule has 0 amide bonds. The Labute approximate surface area is 93.8 Å². The van der Waals surface area contributed by atoms with Gasteiger partial charge in [0.05, 0.1) is 0 Å². The average molecular weight is 211 g/mol. The number of Topliss-reactive ketones (excluding diaryl/α,β-unsaturated/α-hetero) is 1. The van der Waals surface area contributed by atoms with E-state index in [1.165, 1.54) is 12.8 Å². The van der Waals surface area contributed by atoms with Crippen molar-refractivity contribution >= 4 is 5.78 Å². The van der Waals surface area contributed by atoms with Gasteiger partial charge in [-0.15, -0.1) is 0 Å².